The van der Waals surface area contributed by atoms with Crippen LogP contribution in [0.25, 0.3) is 0 Å². The fourth-order valence-corrected chi connectivity index (χ4v) is 3.40. The predicted molar refractivity (Wildman–Crippen MR) is 129 cm³/mol. The third-order valence-electron chi connectivity index (χ3n) is 4.41. The van der Waals surface area contributed by atoms with Crippen molar-refractivity contribution >= 4 is 39.7 Å². The second kappa shape index (κ2) is 11.5. The summed E-state index contributed by atoms with van der Waals surface area (Å²) >= 11 is 9.65. The van der Waals surface area contributed by atoms with E-state index in [1.165, 1.54) is 6.21 Å². The molecule has 3 aromatic rings. The topological polar surface area (TPSA) is 69.2 Å². The number of hydrogen-bond donors (Lipinski definition) is 1. The molecule has 0 unspecified atom stereocenters. The Labute approximate surface area is 200 Å². The molecule has 0 aliphatic carbocycles. The number of hydrazone groups is 1. The van der Waals surface area contributed by atoms with Gasteiger partial charge in [0, 0.05) is 26.2 Å². The molecule has 0 aliphatic heterocycles. The molecule has 32 heavy (non-hydrogen) atoms. The second-order valence-electron chi connectivity index (χ2n) is 6.56. The highest BCUT2D eigenvalue weighted by Crippen LogP contribution is 2.28. The maximum absolute atomic E-state index is 12.5. The van der Waals surface area contributed by atoms with Crippen molar-refractivity contribution in [1.82, 2.24) is 5.43 Å². The Bertz CT molecular complexity index is 1120. The molecular weight excluding hydrogens is 496 g/mol. The highest BCUT2D eigenvalue weighted by molar-refractivity contribution is 9.10. The van der Waals surface area contributed by atoms with Gasteiger partial charge in [0.25, 0.3) is 5.91 Å². The summed E-state index contributed by atoms with van der Waals surface area (Å²) in [6.07, 6.45) is 1.53. The van der Waals surface area contributed by atoms with Gasteiger partial charge in [0.15, 0.2) is 11.5 Å². The first-order valence-corrected chi connectivity index (χ1v) is 11.0. The fraction of sp³-hybridized carbons (Fsp3) is 0.167. The Kier molecular flexibility index (Phi) is 8.53. The molecule has 0 bridgehead atoms. The highest BCUT2D eigenvalue weighted by Gasteiger charge is 2.11. The Balaban J connectivity index is 1.71. The highest BCUT2D eigenvalue weighted by atomic mass is 79.9. The van der Waals surface area contributed by atoms with Gasteiger partial charge in [-0.25, -0.2) is 5.43 Å². The Morgan fingerprint density at radius 1 is 1.06 bits per heavy atom. The van der Waals surface area contributed by atoms with Crippen molar-refractivity contribution in [2.45, 2.75) is 13.5 Å². The van der Waals surface area contributed by atoms with Crippen molar-refractivity contribution in [3.63, 3.8) is 0 Å². The second-order valence-corrected chi connectivity index (χ2v) is 7.88. The number of nitrogens with zero attached hydrogens (tertiary/aromatic N) is 1. The average Bonchev–Trinajstić information content (AvgIpc) is 2.79. The smallest absolute Gasteiger partial charge is 0.271 e. The predicted octanol–water partition coefficient (Wildman–Crippen LogP) is 5.85. The third-order valence-corrected chi connectivity index (χ3v) is 5.27. The van der Waals surface area contributed by atoms with Crippen LogP contribution in [0.5, 0.6) is 17.2 Å². The van der Waals surface area contributed by atoms with Gasteiger partial charge >= 0.3 is 0 Å². The summed E-state index contributed by atoms with van der Waals surface area (Å²) in [5.74, 6) is 1.28. The van der Waals surface area contributed by atoms with Crippen LogP contribution in [0, 0.1) is 0 Å². The van der Waals surface area contributed by atoms with Gasteiger partial charge in [-0.2, -0.15) is 5.10 Å². The first-order valence-electron chi connectivity index (χ1n) is 9.81. The monoisotopic (exact) mass is 516 g/mol. The van der Waals surface area contributed by atoms with Gasteiger partial charge in [-0.1, -0.05) is 45.7 Å². The molecular formula is C24H22BrClN2O4. The summed E-state index contributed by atoms with van der Waals surface area (Å²) in [5.41, 5.74) is 4.49. The molecule has 8 heteroatoms. The number of carbonyl (C=O) groups is 1. The van der Waals surface area contributed by atoms with Crippen LogP contribution in [-0.4, -0.2) is 25.8 Å². The summed E-state index contributed by atoms with van der Waals surface area (Å²) < 4.78 is 17.5. The van der Waals surface area contributed by atoms with Gasteiger partial charge < -0.3 is 14.2 Å². The number of carbonyl (C=O) groups excluding carboxylic acids is 1. The first-order chi connectivity index (χ1) is 15.5. The van der Waals surface area contributed by atoms with Crippen LogP contribution < -0.4 is 19.6 Å². The lowest BCUT2D eigenvalue weighted by atomic mass is 10.2. The van der Waals surface area contributed by atoms with Crippen LogP contribution in [0.2, 0.25) is 5.02 Å². The summed E-state index contributed by atoms with van der Waals surface area (Å²) in [4.78, 5) is 12.5. The van der Waals surface area contributed by atoms with E-state index >= 15 is 0 Å². The zero-order chi connectivity index (χ0) is 22.9. The number of methoxy groups -OCH3 is 1. The third kappa shape index (κ3) is 6.24. The number of amides is 1. The van der Waals surface area contributed by atoms with E-state index in [1.807, 2.05) is 49.4 Å². The Morgan fingerprint density at radius 3 is 2.59 bits per heavy atom. The van der Waals surface area contributed by atoms with Gasteiger partial charge in [0.2, 0.25) is 0 Å². The van der Waals surface area contributed by atoms with Crippen LogP contribution in [0.1, 0.15) is 28.4 Å². The quantitative estimate of drug-likeness (QED) is 0.285. The number of ether oxygens (including phenoxy) is 3. The standard InChI is InChI=1S/C24H22BrClN2O4/c1-3-31-23-13-16(8-10-22(23)30-2)24(29)28-27-14-18-12-19(25)9-11-21(18)32-15-17-6-4-5-7-20(17)26/h4-14H,3,15H2,1-2H3,(H,28,29)/b27-14+. The summed E-state index contributed by atoms with van der Waals surface area (Å²) in [5, 5.41) is 4.72. The molecule has 166 valence electrons. The van der Waals surface area contributed by atoms with E-state index in [-0.39, 0.29) is 5.91 Å². The first kappa shape index (κ1) is 23.6. The number of hydrogen-bond acceptors (Lipinski definition) is 5. The van der Waals surface area contributed by atoms with Crippen molar-refractivity contribution in [2.75, 3.05) is 13.7 Å². The number of benzene rings is 3. The van der Waals surface area contributed by atoms with Gasteiger partial charge in [0.05, 0.1) is 19.9 Å². The molecule has 0 radical (unpaired) electrons. The van der Waals surface area contributed by atoms with E-state index in [2.05, 4.69) is 26.5 Å². The molecule has 0 spiro atoms. The molecule has 0 aliphatic rings. The Morgan fingerprint density at radius 2 is 1.84 bits per heavy atom. The fourth-order valence-electron chi connectivity index (χ4n) is 2.83. The SMILES string of the molecule is CCOc1cc(C(=O)N/N=C/c2cc(Br)ccc2OCc2ccccc2Cl)ccc1OC. The Hall–Kier alpha value is -3.03. The van der Waals surface area contributed by atoms with Crippen LogP contribution >= 0.6 is 27.5 Å². The van der Waals surface area contributed by atoms with Crippen molar-refractivity contribution in [2.24, 2.45) is 5.10 Å². The molecule has 1 amide bonds. The van der Waals surface area contributed by atoms with E-state index in [1.54, 1.807) is 25.3 Å². The largest absolute Gasteiger partial charge is 0.493 e. The van der Waals surface area contributed by atoms with Gasteiger partial charge in [-0.05, 0) is 49.4 Å². The minimum absolute atomic E-state index is 0.306. The molecule has 0 aromatic heterocycles. The average molecular weight is 518 g/mol. The normalized spacial score (nSPS) is 10.8. The lowest BCUT2D eigenvalue weighted by Crippen LogP contribution is -2.17. The maximum atomic E-state index is 12.5. The van der Waals surface area contributed by atoms with Crippen molar-refractivity contribution in [3.8, 4) is 17.2 Å². The van der Waals surface area contributed by atoms with Crippen molar-refractivity contribution < 1.29 is 19.0 Å². The van der Waals surface area contributed by atoms with Crippen molar-refractivity contribution in [3.05, 3.63) is 86.8 Å². The van der Waals surface area contributed by atoms with E-state index < -0.39 is 0 Å². The minimum Gasteiger partial charge on any atom is -0.493 e. The molecule has 3 rings (SSSR count). The number of nitrogens with one attached hydrogen (secondary N) is 1. The molecule has 3 aromatic carbocycles. The zero-order valence-electron chi connectivity index (χ0n) is 17.6. The summed E-state index contributed by atoms with van der Waals surface area (Å²) in [6.45, 7) is 2.62. The molecule has 0 saturated carbocycles. The zero-order valence-corrected chi connectivity index (χ0v) is 19.9. The molecule has 0 saturated heterocycles. The van der Waals surface area contributed by atoms with Crippen LogP contribution in [0.4, 0.5) is 0 Å². The molecule has 6 nitrogen and oxygen atoms in total. The summed E-state index contributed by atoms with van der Waals surface area (Å²) in [7, 11) is 1.55. The van der Waals surface area contributed by atoms with Gasteiger partial charge in [0.1, 0.15) is 12.4 Å². The van der Waals surface area contributed by atoms with Crippen molar-refractivity contribution in [1.29, 1.82) is 0 Å². The number of halogens is 2. The van der Waals surface area contributed by atoms with Gasteiger partial charge in [-0.3, -0.25) is 4.79 Å². The molecule has 0 atom stereocenters. The van der Waals surface area contributed by atoms with E-state index in [0.717, 1.165) is 10.0 Å². The molecule has 0 heterocycles. The minimum atomic E-state index is -0.376. The van der Waals surface area contributed by atoms with Gasteiger partial charge in [-0.15, -0.1) is 0 Å². The van der Waals surface area contributed by atoms with E-state index in [4.69, 9.17) is 25.8 Å². The van der Waals surface area contributed by atoms with E-state index in [9.17, 15) is 4.79 Å². The lowest BCUT2D eigenvalue weighted by Gasteiger charge is -2.11. The number of rotatable bonds is 9. The summed E-state index contributed by atoms with van der Waals surface area (Å²) in [6, 6.07) is 18.0. The van der Waals surface area contributed by atoms with Crippen LogP contribution in [-0.2, 0) is 6.61 Å². The van der Waals surface area contributed by atoms with E-state index in [0.29, 0.717) is 46.6 Å². The van der Waals surface area contributed by atoms with Crippen LogP contribution in [0.15, 0.2) is 70.2 Å². The molecule has 0 fully saturated rings. The maximum Gasteiger partial charge on any atom is 0.271 e. The van der Waals surface area contributed by atoms with Crippen LogP contribution in [0.3, 0.4) is 0 Å². The molecule has 1 N–H and O–H groups in total. The lowest BCUT2D eigenvalue weighted by molar-refractivity contribution is 0.0954.